The Morgan fingerprint density at radius 1 is 1.06 bits per heavy atom. The third-order valence-electron chi connectivity index (χ3n) is 4.74. The molecule has 6 nitrogen and oxygen atoms in total. The molecule has 31 heavy (non-hydrogen) atoms. The molecule has 0 radical (unpaired) electrons. The fraction of sp³-hybridized carbons (Fsp3) is 0.0870. The molecule has 0 aliphatic heterocycles. The largest absolute Gasteiger partial charge is 0.478 e. The zero-order valence-corrected chi connectivity index (χ0v) is 17.1. The summed E-state index contributed by atoms with van der Waals surface area (Å²) in [4.78, 5) is 27.9. The van der Waals surface area contributed by atoms with Crippen molar-refractivity contribution in [2.45, 2.75) is 13.0 Å². The number of carbonyl (C=O) groups is 2. The Morgan fingerprint density at radius 3 is 2.61 bits per heavy atom. The monoisotopic (exact) mass is 435 g/mol. The lowest BCUT2D eigenvalue weighted by Crippen LogP contribution is -2.24. The molecular weight excluding hydrogens is 417 g/mol. The van der Waals surface area contributed by atoms with Gasteiger partial charge in [-0.2, -0.15) is 0 Å². The number of nitrogen functional groups attached to an aromatic ring is 1. The van der Waals surface area contributed by atoms with E-state index in [1.165, 1.54) is 35.6 Å². The quantitative estimate of drug-likeness (QED) is 0.393. The van der Waals surface area contributed by atoms with E-state index in [0.29, 0.717) is 16.1 Å². The van der Waals surface area contributed by atoms with Gasteiger partial charge < -0.3 is 16.2 Å². The first-order valence-corrected chi connectivity index (χ1v) is 10.2. The van der Waals surface area contributed by atoms with E-state index in [0.717, 1.165) is 15.8 Å². The minimum absolute atomic E-state index is 0.102. The van der Waals surface area contributed by atoms with Gasteiger partial charge >= 0.3 is 5.97 Å². The Bertz CT molecular complexity index is 1300. The molecule has 0 atom stereocenters. The van der Waals surface area contributed by atoms with Crippen LogP contribution in [0.2, 0.25) is 0 Å². The van der Waals surface area contributed by atoms with Crippen molar-refractivity contribution in [1.82, 2.24) is 10.3 Å². The molecule has 1 amide bonds. The van der Waals surface area contributed by atoms with Gasteiger partial charge in [0.05, 0.1) is 27.9 Å². The molecular formula is C23H18FN3O3S. The van der Waals surface area contributed by atoms with Crippen LogP contribution in [0.3, 0.4) is 0 Å². The van der Waals surface area contributed by atoms with Crippen molar-refractivity contribution in [2.75, 3.05) is 5.73 Å². The number of carbonyl (C=O) groups excluding carboxylic acids is 1. The number of aromatic carboxylic acids is 1. The first-order chi connectivity index (χ1) is 14.9. The van der Waals surface area contributed by atoms with E-state index >= 15 is 0 Å². The maximum Gasteiger partial charge on any atom is 0.335 e. The van der Waals surface area contributed by atoms with Gasteiger partial charge in [0.15, 0.2) is 0 Å². The number of fused-ring (bicyclic) bond motifs is 1. The number of thiazole rings is 1. The van der Waals surface area contributed by atoms with E-state index in [9.17, 15) is 14.0 Å². The predicted molar refractivity (Wildman–Crippen MR) is 118 cm³/mol. The molecule has 4 rings (SSSR count). The zero-order chi connectivity index (χ0) is 22.0. The number of hydrogen-bond acceptors (Lipinski definition) is 5. The van der Waals surface area contributed by atoms with Crippen molar-refractivity contribution in [3.63, 3.8) is 0 Å². The average molecular weight is 435 g/mol. The van der Waals surface area contributed by atoms with E-state index in [1.54, 1.807) is 18.2 Å². The number of halogens is 1. The molecule has 4 aromatic rings. The van der Waals surface area contributed by atoms with Gasteiger partial charge in [0, 0.05) is 6.54 Å². The lowest BCUT2D eigenvalue weighted by atomic mass is 10.1. The van der Waals surface area contributed by atoms with E-state index in [4.69, 9.17) is 10.8 Å². The number of aromatic nitrogens is 1. The zero-order valence-electron chi connectivity index (χ0n) is 16.3. The van der Waals surface area contributed by atoms with Crippen molar-refractivity contribution < 1.29 is 19.1 Å². The van der Waals surface area contributed by atoms with Crippen LogP contribution in [0.25, 0.3) is 21.3 Å². The second-order valence-electron chi connectivity index (χ2n) is 6.99. The number of nitrogens with two attached hydrogens (primary N) is 1. The van der Waals surface area contributed by atoms with Crippen LogP contribution in [0, 0.1) is 5.82 Å². The molecule has 0 saturated heterocycles. The van der Waals surface area contributed by atoms with E-state index < -0.39 is 11.8 Å². The normalized spacial score (nSPS) is 10.9. The minimum atomic E-state index is -1.01. The van der Waals surface area contributed by atoms with Gasteiger partial charge in [-0.3, -0.25) is 4.79 Å². The van der Waals surface area contributed by atoms with Gasteiger partial charge in [-0.1, -0.05) is 24.3 Å². The summed E-state index contributed by atoms with van der Waals surface area (Å²) in [5.41, 5.74) is 8.84. The molecule has 3 aromatic carbocycles. The summed E-state index contributed by atoms with van der Waals surface area (Å²) >= 11 is 1.40. The van der Waals surface area contributed by atoms with Crippen LogP contribution in [-0.4, -0.2) is 22.0 Å². The SMILES string of the molecule is Nc1ccc(-c2ccc3nc(CC(=O)NCc4cccc(C(=O)O)c4)sc3c2)cc1F. The highest BCUT2D eigenvalue weighted by Gasteiger charge is 2.11. The second-order valence-corrected chi connectivity index (χ2v) is 8.10. The maximum absolute atomic E-state index is 13.8. The molecule has 0 unspecified atom stereocenters. The maximum atomic E-state index is 13.8. The van der Waals surface area contributed by atoms with Crippen molar-refractivity contribution in [1.29, 1.82) is 0 Å². The van der Waals surface area contributed by atoms with Gasteiger partial charge in [0.1, 0.15) is 10.8 Å². The molecule has 156 valence electrons. The molecule has 1 aromatic heterocycles. The number of amides is 1. The number of carboxylic acids is 1. The summed E-state index contributed by atoms with van der Waals surface area (Å²) in [5.74, 6) is -1.68. The fourth-order valence-electron chi connectivity index (χ4n) is 3.15. The van der Waals surface area contributed by atoms with Gasteiger partial charge in [-0.05, 0) is 53.1 Å². The highest BCUT2D eigenvalue weighted by molar-refractivity contribution is 7.18. The molecule has 4 N–H and O–H groups in total. The van der Waals surface area contributed by atoms with Gasteiger partial charge in [-0.25, -0.2) is 14.2 Å². The average Bonchev–Trinajstić information content (AvgIpc) is 3.15. The lowest BCUT2D eigenvalue weighted by molar-refractivity contribution is -0.120. The first-order valence-electron chi connectivity index (χ1n) is 9.43. The van der Waals surface area contributed by atoms with Crippen LogP contribution in [0.4, 0.5) is 10.1 Å². The molecule has 0 aliphatic carbocycles. The predicted octanol–water partition coefficient (Wildman–Crippen LogP) is 4.24. The van der Waals surface area contributed by atoms with Gasteiger partial charge in [0.2, 0.25) is 5.91 Å². The molecule has 0 spiro atoms. The summed E-state index contributed by atoms with van der Waals surface area (Å²) in [7, 11) is 0. The first kappa shape index (κ1) is 20.5. The third kappa shape index (κ3) is 4.70. The molecule has 0 aliphatic rings. The standard InChI is InChI=1S/C23H18FN3O3S/c24-17-9-14(4-6-18(17)25)15-5-7-19-20(10-15)31-22(27-19)11-21(28)26-12-13-2-1-3-16(8-13)23(29)30/h1-10H,11-12,25H2,(H,26,28)(H,29,30). The summed E-state index contributed by atoms with van der Waals surface area (Å²) in [6.45, 7) is 0.234. The van der Waals surface area contributed by atoms with Gasteiger partial charge in [-0.15, -0.1) is 11.3 Å². The number of hydrogen-bond donors (Lipinski definition) is 3. The van der Waals surface area contributed by atoms with Crippen LogP contribution in [-0.2, 0) is 17.8 Å². The fourth-order valence-corrected chi connectivity index (χ4v) is 4.15. The summed E-state index contributed by atoms with van der Waals surface area (Å²) in [5, 5.41) is 12.5. The Morgan fingerprint density at radius 2 is 1.84 bits per heavy atom. The highest BCUT2D eigenvalue weighted by atomic mass is 32.1. The van der Waals surface area contributed by atoms with Crippen LogP contribution in [0.5, 0.6) is 0 Å². The van der Waals surface area contributed by atoms with Crippen molar-refractivity contribution in [2.24, 2.45) is 0 Å². The smallest absolute Gasteiger partial charge is 0.335 e. The molecule has 0 bridgehead atoms. The molecule has 0 fully saturated rings. The van der Waals surface area contributed by atoms with Crippen LogP contribution in [0.1, 0.15) is 20.9 Å². The highest BCUT2D eigenvalue weighted by Crippen LogP contribution is 2.29. The van der Waals surface area contributed by atoms with E-state index in [1.807, 2.05) is 18.2 Å². The van der Waals surface area contributed by atoms with E-state index in [-0.39, 0.29) is 30.1 Å². The minimum Gasteiger partial charge on any atom is -0.478 e. The molecule has 0 saturated carbocycles. The Balaban J connectivity index is 1.45. The Kier molecular flexibility index (Phi) is 5.64. The van der Waals surface area contributed by atoms with Crippen molar-refractivity contribution >= 4 is 39.1 Å². The van der Waals surface area contributed by atoms with Crippen LogP contribution >= 0.6 is 11.3 Å². The molecule has 1 heterocycles. The third-order valence-corrected chi connectivity index (χ3v) is 5.76. The summed E-state index contributed by atoms with van der Waals surface area (Å²) < 4.78 is 14.7. The second kappa shape index (κ2) is 8.53. The number of anilines is 1. The summed E-state index contributed by atoms with van der Waals surface area (Å²) in [6.07, 6.45) is 0.115. The van der Waals surface area contributed by atoms with Crippen LogP contribution < -0.4 is 11.1 Å². The van der Waals surface area contributed by atoms with Crippen LogP contribution in [0.15, 0.2) is 60.7 Å². The van der Waals surface area contributed by atoms with E-state index in [2.05, 4.69) is 10.3 Å². The Hall–Kier alpha value is -3.78. The lowest BCUT2D eigenvalue weighted by Gasteiger charge is -2.05. The summed E-state index contributed by atoms with van der Waals surface area (Å²) in [6, 6.07) is 16.7. The molecule has 8 heteroatoms. The van der Waals surface area contributed by atoms with Gasteiger partial charge in [0.25, 0.3) is 0 Å². The van der Waals surface area contributed by atoms with Crippen molar-refractivity contribution in [3.05, 3.63) is 82.6 Å². The Labute approximate surface area is 181 Å². The number of carboxylic acid groups (broad SMARTS) is 1. The number of rotatable bonds is 6. The van der Waals surface area contributed by atoms with Crippen molar-refractivity contribution in [3.8, 4) is 11.1 Å². The number of benzene rings is 3. The topological polar surface area (TPSA) is 105 Å². The number of nitrogens with zero attached hydrogens (tertiary/aromatic N) is 1. The number of nitrogens with one attached hydrogen (secondary N) is 1.